The van der Waals surface area contributed by atoms with Crippen molar-refractivity contribution in [2.75, 3.05) is 22.9 Å². The third kappa shape index (κ3) is 4.07. The fourth-order valence-corrected chi connectivity index (χ4v) is 3.38. The Morgan fingerprint density at radius 2 is 1.85 bits per heavy atom. The summed E-state index contributed by atoms with van der Waals surface area (Å²) in [6, 6.07) is 16.9. The van der Waals surface area contributed by atoms with Gasteiger partial charge in [0.2, 0.25) is 11.8 Å². The fraction of sp³-hybridized carbons (Fsp3) is 0.333. The number of para-hydroxylation sites is 1. The smallest absolute Gasteiger partial charge is 0.232 e. The van der Waals surface area contributed by atoms with E-state index >= 15 is 0 Å². The van der Waals surface area contributed by atoms with Crippen LogP contribution in [0.4, 0.5) is 11.4 Å². The number of carbonyl (C=O) groups is 2. The standard InChI is InChI=1S/C21H23ClN2O2/c1-2-3-13-23(18-7-5-4-6-8-18)21(26)16-14-20(25)24(15-16)19-11-9-17(22)10-12-19/h4-12,16H,2-3,13-15H2,1H3. The summed E-state index contributed by atoms with van der Waals surface area (Å²) in [4.78, 5) is 29.1. The predicted molar refractivity (Wildman–Crippen MR) is 106 cm³/mol. The normalized spacial score (nSPS) is 16.8. The molecule has 26 heavy (non-hydrogen) atoms. The van der Waals surface area contributed by atoms with Gasteiger partial charge in [0, 0.05) is 35.9 Å². The predicted octanol–water partition coefficient (Wildman–Crippen LogP) is 4.53. The number of amides is 2. The zero-order valence-electron chi connectivity index (χ0n) is 14.9. The van der Waals surface area contributed by atoms with Crippen LogP contribution in [0.15, 0.2) is 54.6 Å². The van der Waals surface area contributed by atoms with E-state index in [0.29, 0.717) is 18.1 Å². The molecule has 136 valence electrons. The number of unbranched alkanes of at least 4 members (excludes halogenated alkanes) is 1. The van der Waals surface area contributed by atoms with Gasteiger partial charge in [0.15, 0.2) is 0 Å². The number of hydrogen-bond donors (Lipinski definition) is 0. The molecule has 5 heteroatoms. The van der Waals surface area contributed by atoms with Crippen LogP contribution >= 0.6 is 11.6 Å². The summed E-state index contributed by atoms with van der Waals surface area (Å²) < 4.78 is 0. The zero-order chi connectivity index (χ0) is 18.5. The van der Waals surface area contributed by atoms with Gasteiger partial charge >= 0.3 is 0 Å². The molecule has 2 aromatic carbocycles. The number of carbonyl (C=O) groups excluding carboxylic acids is 2. The lowest BCUT2D eigenvalue weighted by Crippen LogP contribution is -2.38. The van der Waals surface area contributed by atoms with Crippen LogP contribution < -0.4 is 9.80 Å². The van der Waals surface area contributed by atoms with Crippen molar-refractivity contribution in [1.29, 1.82) is 0 Å². The van der Waals surface area contributed by atoms with E-state index in [2.05, 4.69) is 6.92 Å². The third-order valence-electron chi connectivity index (χ3n) is 4.68. The Morgan fingerprint density at radius 3 is 2.50 bits per heavy atom. The van der Waals surface area contributed by atoms with Gasteiger partial charge in [-0.1, -0.05) is 43.1 Å². The number of benzene rings is 2. The van der Waals surface area contributed by atoms with Gasteiger partial charge in [0.05, 0.1) is 5.92 Å². The highest BCUT2D eigenvalue weighted by Crippen LogP contribution is 2.29. The van der Waals surface area contributed by atoms with Crippen molar-refractivity contribution < 1.29 is 9.59 Å². The first-order valence-corrected chi connectivity index (χ1v) is 9.40. The Balaban J connectivity index is 1.77. The molecule has 1 aliphatic rings. The lowest BCUT2D eigenvalue weighted by Gasteiger charge is -2.25. The molecule has 2 amide bonds. The van der Waals surface area contributed by atoms with Crippen LogP contribution in [0.25, 0.3) is 0 Å². The quantitative estimate of drug-likeness (QED) is 0.749. The molecule has 1 fully saturated rings. The maximum absolute atomic E-state index is 13.2. The lowest BCUT2D eigenvalue weighted by molar-refractivity contribution is -0.124. The number of halogens is 1. The van der Waals surface area contributed by atoms with Gasteiger partial charge < -0.3 is 9.80 Å². The maximum Gasteiger partial charge on any atom is 0.232 e. The van der Waals surface area contributed by atoms with Crippen LogP contribution in [0, 0.1) is 5.92 Å². The Hall–Kier alpha value is -2.33. The summed E-state index contributed by atoms with van der Waals surface area (Å²) in [6.07, 6.45) is 2.19. The molecule has 1 atom stereocenters. The summed E-state index contributed by atoms with van der Waals surface area (Å²) in [7, 11) is 0. The zero-order valence-corrected chi connectivity index (χ0v) is 15.7. The van der Waals surface area contributed by atoms with Crippen LogP contribution in [0.2, 0.25) is 5.02 Å². The second-order valence-corrected chi connectivity index (χ2v) is 7.00. The first-order valence-electron chi connectivity index (χ1n) is 9.02. The molecule has 1 heterocycles. The van der Waals surface area contributed by atoms with E-state index in [1.54, 1.807) is 17.0 Å². The Kier molecular flexibility index (Phi) is 5.94. The van der Waals surface area contributed by atoms with E-state index < -0.39 is 0 Å². The van der Waals surface area contributed by atoms with Crippen LogP contribution in [0.3, 0.4) is 0 Å². The van der Waals surface area contributed by atoms with E-state index in [4.69, 9.17) is 11.6 Å². The summed E-state index contributed by atoms with van der Waals surface area (Å²) in [5, 5.41) is 0.628. The molecule has 0 aromatic heterocycles. The van der Waals surface area contributed by atoms with Gasteiger partial charge in [-0.05, 0) is 42.8 Å². The summed E-state index contributed by atoms with van der Waals surface area (Å²) in [5.74, 6) is -0.320. The van der Waals surface area contributed by atoms with E-state index in [-0.39, 0.29) is 24.2 Å². The van der Waals surface area contributed by atoms with Crippen LogP contribution in [0.5, 0.6) is 0 Å². The Morgan fingerprint density at radius 1 is 1.15 bits per heavy atom. The molecule has 0 N–H and O–H groups in total. The summed E-state index contributed by atoms with van der Waals surface area (Å²) >= 11 is 5.93. The fourth-order valence-electron chi connectivity index (χ4n) is 3.25. The monoisotopic (exact) mass is 370 g/mol. The van der Waals surface area contributed by atoms with Crippen molar-refractivity contribution in [2.24, 2.45) is 5.92 Å². The average molecular weight is 371 g/mol. The van der Waals surface area contributed by atoms with E-state index in [0.717, 1.165) is 24.2 Å². The van der Waals surface area contributed by atoms with Crippen molar-refractivity contribution in [3.8, 4) is 0 Å². The van der Waals surface area contributed by atoms with Crippen molar-refractivity contribution in [3.63, 3.8) is 0 Å². The lowest BCUT2D eigenvalue weighted by atomic mass is 10.1. The van der Waals surface area contributed by atoms with Crippen molar-refractivity contribution in [2.45, 2.75) is 26.2 Å². The van der Waals surface area contributed by atoms with Gasteiger partial charge in [0.1, 0.15) is 0 Å². The van der Waals surface area contributed by atoms with Crippen LogP contribution in [-0.4, -0.2) is 24.9 Å². The molecule has 1 unspecified atom stereocenters. The average Bonchev–Trinajstić information content (AvgIpc) is 3.05. The van der Waals surface area contributed by atoms with Crippen LogP contribution in [0.1, 0.15) is 26.2 Å². The molecule has 0 radical (unpaired) electrons. The van der Waals surface area contributed by atoms with Gasteiger partial charge in [0.25, 0.3) is 0 Å². The molecule has 2 aromatic rings. The number of anilines is 2. The number of nitrogens with zero attached hydrogens (tertiary/aromatic N) is 2. The van der Waals surface area contributed by atoms with E-state index in [1.165, 1.54) is 0 Å². The minimum absolute atomic E-state index is 0.0193. The molecule has 4 nitrogen and oxygen atoms in total. The van der Waals surface area contributed by atoms with E-state index in [9.17, 15) is 9.59 Å². The molecule has 0 aliphatic carbocycles. The molecular formula is C21H23ClN2O2. The first kappa shape index (κ1) is 18.5. The molecule has 1 aliphatic heterocycles. The molecule has 0 bridgehead atoms. The number of rotatable bonds is 6. The highest BCUT2D eigenvalue weighted by molar-refractivity contribution is 6.30. The molecule has 1 saturated heterocycles. The third-order valence-corrected chi connectivity index (χ3v) is 4.93. The summed E-state index contributed by atoms with van der Waals surface area (Å²) in [5.41, 5.74) is 1.68. The van der Waals surface area contributed by atoms with Gasteiger partial charge in [-0.2, -0.15) is 0 Å². The summed E-state index contributed by atoms with van der Waals surface area (Å²) in [6.45, 7) is 3.19. The van der Waals surface area contributed by atoms with Crippen molar-refractivity contribution >= 4 is 34.8 Å². The Bertz CT molecular complexity index is 761. The first-order chi connectivity index (χ1) is 12.6. The van der Waals surface area contributed by atoms with Crippen LogP contribution in [-0.2, 0) is 9.59 Å². The molecule has 0 saturated carbocycles. The maximum atomic E-state index is 13.2. The molecule has 3 rings (SSSR count). The van der Waals surface area contributed by atoms with Crippen molar-refractivity contribution in [1.82, 2.24) is 0 Å². The Labute approximate surface area is 159 Å². The minimum Gasteiger partial charge on any atom is -0.312 e. The van der Waals surface area contributed by atoms with Crippen molar-refractivity contribution in [3.05, 3.63) is 59.6 Å². The SMILES string of the molecule is CCCCN(C(=O)C1CC(=O)N(c2ccc(Cl)cc2)C1)c1ccccc1. The highest BCUT2D eigenvalue weighted by Gasteiger charge is 2.37. The minimum atomic E-state index is -0.324. The number of hydrogen-bond acceptors (Lipinski definition) is 2. The second kappa shape index (κ2) is 8.37. The van der Waals surface area contributed by atoms with Gasteiger partial charge in [-0.3, -0.25) is 9.59 Å². The van der Waals surface area contributed by atoms with E-state index in [1.807, 2.05) is 47.4 Å². The highest BCUT2D eigenvalue weighted by atomic mass is 35.5. The second-order valence-electron chi connectivity index (χ2n) is 6.56. The topological polar surface area (TPSA) is 40.6 Å². The molecule has 0 spiro atoms. The van der Waals surface area contributed by atoms with Gasteiger partial charge in [-0.25, -0.2) is 0 Å². The molecular weight excluding hydrogens is 348 g/mol. The largest absolute Gasteiger partial charge is 0.312 e. The van der Waals surface area contributed by atoms with Gasteiger partial charge in [-0.15, -0.1) is 0 Å².